The summed E-state index contributed by atoms with van der Waals surface area (Å²) in [5.74, 6) is 0.243. The van der Waals surface area contributed by atoms with Crippen molar-refractivity contribution in [1.29, 1.82) is 0 Å². The average molecular weight is 445 g/mol. The molecule has 0 aliphatic carbocycles. The lowest BCUT2D eigenvalue weighted by Crippen LogP contribution is -2.45. The molecule has 5 heteroatoms. The first-order valence-corrected chi connectivity index (χ1v) is 11.5. The molecule has 0 fully saturated rings. The van der Waals surface area contributed by atoms with E-state index in [4.69, 9.17) is 4.74 Å². The number of carbonyl (C=O) groups is 1. The van der Waals surface area contributed by atoms with E-state index in [1.165, 1.54) is 16.7 Å². The summed E-state index contributed by atoms with van der Waals surface area (Å²) in [5, 5.41) is 10.4. The Balaban J connectivity index is 1.31. The van der Waals surface area contributed by atoms with E-state index in [2.05, 4.69) is 30.3 Å². The highest BCUT2D eigenvalue weighted by Crippen LogP contribution is 2.33. The van der Waals surface area contributed by atoms with E-state index in [9.17, 15) is 9.90 Å². The van der Waals surface area contributed by atoms with Gasteiger partial charge in [-0.15, -0.1) is 0 Å². The molecule has 0 radical (unpaired) electrons. The van der Waals surface area contributed by atoms with Crippen molar-refractivity contribution in [2.75, 3.05) is 33.3 Å². The second-order valence-corrected chi connectivity index (χ2v) is 8.79. The second-order valence-electron chi connectivity index (χ2n) is 8.79. The fourth-order valence-corrected chi connectivity index (χ4v) is 4.46. The molecule has 1 N–H and O–H groups in total. The number of benzene rings is 3. The van der Waals surface area contributed by atoms with Crippen LogP contribution in [0, 0.1) is 0 Å². The van der Waals surface area contributed by atoms with Crippen molar-refractivity contribution >= 4 is 5.91 Å². The Morgan fingerprint density at radius 2 is 1.70 bits per heavy atom. The average Bonchev–Trinajstić information content (AvgIpc) is 2.84. The molecule has 33 heavy (non-hydrogen) atoms. The van der Waals surface area contributed by atoms with Crippen LogP contribution in [0.1, 0.15) is 28.2 Å². The van der Waals surface area contributed by atoms with Crippen molar-refractivity contribution in [3.8, 4) is 0 Å². The monoisotopic (exact) mass is 444 g/mol. The summed E-state index contributed by atoms with van der Waals surface area (Å²) in [7, 11) is 1.87. The number of likely N-dealkylation sites (N-methyl/N-ethyl adjacent to an activating group) is 1. The molecule has 3 aromatic carbocycles. The van der Waals surface area contributed by atoms with Gasteiger partial charge in [-0.25, -0.2) is 0 Å². The van der Waals surface area contributed by atoms with Gasteiger partial charge >= 0.3 is 0 Å². The minimum absolute atomic E-state index is 0.0744. The molecule has 1 amide bonds. The van der Waals surface area contributed by atoms with Crippen LogP contribution in [0.3, 0.4) is 0 Å². The SMILES string of the molecule is CN(CC(=O)N1Cc2ccccc2C(c2ccccc2)C1)CC(O)COCc1ccccc1. The Kier molecular flexibility index (Phi) is 7.89. The predicted octanol–water partition coefficient (Wildman–Crippen LogP) is 3.67. The van der Waals surface area contributed by atoms with Crippen LogP contribution in [0.2, 0.25) is 0 Å². The van der Waals surface area contributed by atoms with E-state index in [1.807, 2.05) is 71.4 Å². The number of hydrogen-bond acceptors (Lipinski definition) is 4. The van der Waals surface area contributed by atoms with Gasteiger partial charge in [-0.2, -0.15) is 0 Å². The molecule has 3 aromatic rings. The molecular weight excluding hydrogens is 412 g/mol. The number of ether oxygens (including phenoxy) is 1. The van der Waals surface area contributed by atoms with Gasteiger partial charge in [0.1, 0.15) is 0 Å². The Bertz CT molecular complexity index is 1030. The van der Waals surface area contributed by atoms with Gasteiger partial charge in [-0.3, -0.25) is 9.69 Å². The Morgan fingerprint density at radius 3 is 2.45 bits per heavy atom. The summed E-state index contributed by atoms with van der Waals surface area (Å²) in [6.07, 6.45) is -0.648. The number of aliphatic hydroxyl groups excluding tert-OH is 1. The van der Waals surface area contributed by atoms with Gasteiger partial charge in [0.15, 0.2) is 0 Å². The van der Waals surface area contributed by atoms with Crippen LogP contribution in [0.4, 0.5) is 0 Å². The number of carbonyl (C=O) groups excluding carboxylic acids is 1. The van der Waals surface area contributed by atoms with Gasteiger partial charge in [-0.1, -0.05) is 84.9 Å². The van der Waals surface area contributed by atoms with Gasteiger partial charge in [0.2, 0.25) is 5.91 Å². The van der Waals surface area contributed by atoms with Crippen molar-refractivity contribution < 1.29 is 14.6 Å². The lowest BCUT2D eigenvalue weighted by Gasteiger charge is -2.36. The van der Waals surface area contributed by atoms with Crippen LogP contribution in [0.25, 0.3) is 0 Å². The van der Waals surface area contributed by atoms with E-state index in [0.29, 0.717) is 26.2 Å². The third kappa shape index (κ3) is 6.29. The van der Waals surface area contributed by atoms with Crippen molar-refractivity contribution in [3.63, 3.8) is 0 Å². The van der Waals surface area contributed by atoms with Crippen molar-refractivity contribution in [1.82, 2.24) is 9.80 Å². The molecule has 0 saturated heterocycles. The maximum atomic E-state index is 13.1. The fraction of sp³-hybridized carbons (Fsp3) is 0.321. The third-order valence-corrected chi connectivity index (χ3v) is 6.10. The first kappa shape index (κ1) is 23.2. The molecule has 1 heterocycles. The summed E-state index contributed by atoms with van der Waals surface area (Å²) in [5.41, 5.74) is 4.79. The molecule has 4 rings (SSSR count). The maximum absolute atomic E-state index is 13.1. The molecule has 1 aliphatic rings. The molecule has 0 aromatic heterocycles. The normalized spacial score (nSPS) is 16.5. The largest absolute Gasteiger partial charge is 0.389 e. The summed E-state index contributed by atoms with van der Waals surface area (Å²) in [6, 6.07) is 28.7. The molecule has 0 spiro atoms. The minimum atomic E-state index is -0.648. The van der Waals surface area contributed by atoms with Gasteiger partial charge in [0, 0.05) is 25.6 Å². The second kappa shape index (κ2) is 11.2. The van der Waals surface area contributed by atoms with E-state index in [0.717, 1.165) is 5.56 Å². The molecule has 172 valence electrons. The van der Waals surface area contributed by atoms with Gasteiger partial charge < -0.3 is 14.7 Å². The molecule has 2 atom stereocenters. The molecule has 2 unspecified atom stereocenters. The lowest BCUT2D eigenvalue weighted by atomic mass is 9.84. The zero-order valence-corrected chi connectivity index (χ0v) is 19.1. The first-order chi connectivity index (χ1) is 16.1. The minimum Gasteiger partial charge on any atom is -0.389 e. The van der Waals surface area contributed by atoms with Crippen LogP contribution in [0.5, 0.6) is 0 Å². The summed E-state index contributed by atoms with van der Waals surface area (Å²) in [6.45, 7) is 2.63. The van der Waals surface area contributed by atoms with Gasteiger partial charge in [-0.05, 0) is 29.3 Å². The number of rotatable bonds is 9. The fourth-order valence-electron chi connectivity index (χ4n) is 4.46. The number of fused-ring (bicyclic) bond motifs is 1. The smallest absolute Gasteiger partial charge is 0.237 e. The number of aliphatic hydroxyl groups is 1. The first-order valence-electron chi connectivity index (χ1n) is 11.5. The van der Waals surface area contributed by atoms with E-state index >= 15 is 0 Å². The highest BCUT2D eigenvalue weighted by Gasteiger charge is 2.29. The van der Waals surface area contributed by atoms with Crippen LogP contribution >= 0.6 is 0 Å². The molecule has 5 nitrogen and oxygen atoms in total. The number of hydrogen-bond donors (Lipinski definition) is 1. The van der Waals surface area contributed by atoms with Crippen LogP contribution in [-0.2, 0) is 22.7 Å². The third-order valence-electron chi connectivity index (χ3n) is 6.10. The van der Waals surface area contributed by atoms with E-state index in [1.54, 1.807) is 0 Å². The zero-order chi connectivity index (χ0) is 23.0. The molecular formula is C28H32N2O3. The highest BCUT2D eigenvalue weighted by molar-refractivity contribution is 5.79. The molecule has 0 saturated carbocycles. The van der Waals surface area contributed by atoms with Crippen LogP contribution in [0.15, 0.2) is 84.9 Å². The Labute approximate surface area is 196 Å². The molecule has 0 bridgehead atoms. The highest BCUT2D eigenvalue weighted by atomic mass is 16.5. The summed E-state index contributed by atoms with van der Waals surface area (Å²) >= 11 is 0. The maximum Gasteiger partial charge on any atom is 0.237 e. The summed E-state index contributed by atoms with van der Waals surface area (Å²) in [4.78, 5) is 17.0. The van der Waals surface area contributed by atoms with Gasteiger partial charge in [0.05, 0.1) is 25.9 Å². The van der Waals surface area contributed by atoms with Crippen LogP contribution < -0.4 is 0 Å². The summed E-state index contributed by atoms with van der Waals surface area (Å²) < 4.78 is 5.63. The predicted molar refractivity (Wildman–Crippen MR) is 130 cm³/mol. The van der Waals surface area contributed by atoms with E-state index < -0.39 is 6.10 Å². The zero-order valence-electron chi connectivity index (χ0n) is 19.1. The number of amides is 1. The quantitative estimate of drug-likeness (QED) is 0.547. The van der Waals surface area contributed by atoms with Crippen LogP contribution in [-0.4, -0.2) is 60.2 Å². The van der Waals surface area contributed by atoms with Gasteiger partial charge in [0.25, 0.3) is 0 Å². The standard InChI is InChI=1S/C28H32N2O3/c1-29(17-25(31)21-33-20-22-10-4-2-5-11-22)19-28(32)30-16-24-14-8-9-15-26(24)27(18-30)23-12-6-3-7-13-23/h2-15,25,27,31H,16-21H2,1H3. The van der Waals surface area contributed by atoms with E-state index in [-0.39, 0.29) is 25.0 Å². The topological polar surface area (TPSA) is 53.0 Å². The van der Waals surface area contributed by atoms with Crippen molar-refractivity contribution in [2.24, 2.45) is 0 Å². The Hall–Kier alpha value is -2.99. The lowest BCUT2D eigenvalue weighted by molar-refractivity contribution is -0.133. The Morgan fingerprint density at radius 1 is 1.03 bits per heavy atom. The molecule has 1 aliphatic heterocycles. The number of nitrogens with zero attached hydrogens (tertiary/aromatic N) is 2. The van der Waals surface area contributed by atoms with Crippen molar-refractivity contribution in [2.45, 2.75) is 25.2 Å². The van der Waals surface area contributed by atoms with Crippen molar-refractivity contribution in [3.05, 3.63) is 107 Å².